The van der Waals surface area contributed by atoms with Gasteiger partial charge in [0.25, 0.3) is 0 Å². The van der Waals surface area contributed by atoms with Crippen molar-refractivity contribution >= 4 is 18.3 Å². The lowest BCUT2D eigenvalue weighted by Gasteiger charge is -2.23. The third-order valence-corrected chi connectivity index (χ3v) is 3.18. The summed E-state index contributed by atoms with van der Waals surface area (Å²) >= 11 is 0. The van der Waals surface area contributed by atoms with Crippen molar-refractivity contribution in [3.63, 3.8) is 0 Å². The Balaban J connectivity index is 0.00000220. The van der Waals surface area contributed by atoms with Gasteiger partial charge in [0, 0.05) is 31.1 Å². The minimum Gasteiger partial charge on any atom is -0.494 e. The zero-order chi connectivity index (χ0) is 14.2. The Morgan fingerprint density at radius 3 is 3.00 bits per heavy atom. The molecule has 0 aliphatic carbocycles. The summed E-state index contributed by atoms with van der Waals surface area (Å²) in [5.41, 5.74) is 0.996. The molecule has 2 rings (SSSR count). The Morgan fingerprint density at radius 1 is 1.48 bits per heavy atom. The summed E-state index contributed by atoms with van der Waals surface area (Å²) in [5, 5.41) is 6.20. The third-order valence-electron chi connectivity index (χ3n) is 3.18. The van der Waals surface area contributed by atoms with Gasteiger partial charge >= 0.3 is 0 Å². The monoisotopic (exact) mass is 314 g/mol. The largest absolute Gasteiger partial charge is 0.494 e. The van der Waals surface area contributed by atoms with E-state index in [-0.39, 0.29) is 24.4 Å². The second-order valence-corrected chi connectivity index (χ2v) is 4.75. The lowest BCUT2D eigenvalue weighted by Crippen LogP contribution is -2.44. The van der Waals surface area contributed by atoms with Crippen molar-refractivity contribution in [2.45, 2.75) is 25.9 Å². The molecule has 0 aromatic heterocycles. The molecule has 1 aromatic carbocycles. The maximum Gasteiger partial charge on any atom is 0.221 e. The zero-order valence-corrected chi connectivity index (χ0v) is 13.1. The molecule has 5 nitrogen and oxygen atoms in total. The molecule has 1 atom stereocenters. The summed E-state index contributed by atoms with van der Waals surface area (Å²) in [4.78, 5) is 11.9. The maximum atomic E-state index is 11.9. The smallest absolute Gasteiger partial charge is 0.221 e. The molecule has 1 aliphatic heterocycles. The summed E-state index contributed by atoms with van der Waals surface area (Å²) in [6, 6.07) is 7.88. The number of ether oxygens (including phenoxy) is 2. The number of carbonyl (C=O) groups excluding carboxylic acids is 1. The molecule has 0 radical (unpaired) electrons. The quantitative estimate of drug-likeness (QED) is 0.835. The van der Waals surface area contributed by atoms with Crippen LogP contribution in [0.1, 0.15) is 18.9 Å². The predicted octanol–water partition coefficient (Wildman–Crippen LogP) is 1.50. The Bertz CT molecular complexity index is 437. The summed E-state index contributed by atoms with van der Waals surface area (Å²) in [5.74, 6) is 0.855. The Labute approximate surface area is 131 Å². The van der Waals surface area contributed by atoms with E-state index < -0.39 is 0 Å². The number of carbonyl (C=O) groups is 1. The minimum absolute atomic E-state index is 0. The number of amides is 1. The van der Waals surface area contributed by atoms with Crippen molar-refractivity contribution < 1.29 is 14.3 Å². The van der Waals surface area contributed by atoms with E-state index in [4.69, 9.17) is 9.47 Å². The summed E-state index contributed by atoms with van der Waals surface area (Å²) in [6.07, 6.45) is 0.441. The fourth-order valence-corrected chi connectivity index (χ4v) is 2.19. The molecule has 2 N–H and O–H groups in total. The summed E-state index contributed by atoms with van der Waals surface area (Å²) < 4.78 is 10.9. The van der Waals surface area contributed by atoms with Crippen molar-refractivity contribution in [1.82, 2.24) is 10.6 Å². The number of rotatable bonds is 6. The first kappa shape index (κ1) is 17.8. The number of halogens is 1. The summed E-state index contributed by atoms with van der Waals surface area (Å²) in [7, 11) is 0. The molecule has 0 bridgehead atoms. The first-order valence-electron chi connectivity index (χ1n) is 7.08. The highest BCUT2D eigenvalue weighted by molar-refractivity contribution is 5.85. The molecular weight excluding hydrogens is 292 g/mol. The lowest BCUT2D eigenvalue weighted by molar-refractivity contribution is -0.122. The molecule has 21 heavy (non-hydrogen) atoms. The molecule has 1 fully saturated rings. The van der Waals surface area contributed by atoms with Crippen LogP contribution in [0.15, 0.2) is 24.3 Å². The molecule has 1 amide bonds. The Hall–Kier alpha value is -1.30. The van der Waals surface area contributed by atoms with Crippen molar-refractivity contribution in [3.8, 4) is 5.75 Å². The van der Waals surface area contributed by atoms with Gasteiger partial charge in [0.05, 0.1) is 19.8 Å². The molecule has 0 spiro atoms. The standard InChI is InChI=1S/C15H22N2O3.ClH/c1-2-20-14-6-4-3-5-12(14)10-17-15(18)9-13-11-19-8-7-16-13;/h3-6,13,16H,2,7-11H2,1H3,(H,17,18);1H. The van der Waals surface area contributed by atoms with Crippen LogP contribution in [0.3, 0.4) is 0 Å². The van der Waals surface area contributed by atoms with Crippen LogP contribution in [0, 0.1) is 0 Å². The number of benzene rings is 1. The van der Waals surface area contributed by atoms with Gasteiger partial charge in [-0.15, -0.1) is 12.4 Å². The van der Waals surface area contributed by atoms with Crippen LogP contribution in [0.4, 0.5) is 0 Å². The molecule has 6 heteroatoms. The first-order valence-corrected chi connectivity index (χ1v) is 7.08. The predicted molar refractivity (Wildman–Crippen MR) is 83.9 cm³/mol. The van der Waals surface area contributed by atoms with Crippen LogP contribution in [-0.2, 0) is 16.1 Å². The van der Waals surface area contributed by atoms with Crippen LogP contribution in [0.5, 0.6) is 5.75 Å². The number of morpholine rings is 1. The Morgan fingerprint density at radius 2 is 2.29 bits per heavy atom. The van der Waals surface area contributed by atoms with E-state index >= 15 is 0 Å². The van der Waals surface area contributed by atoms with E-state index in [1.165, 1.54) is 0 Å². The second-order valence-electron chi connectivity index (χ2n) is 4.75. The van der Waals surface area contributed by atoms with E-state index in [9.17, 15) is 4.79 Å². The molecule has 1 saturated heterocycles. The van der Waals surface area contributed by atoms with Crippen LogP contribution in [0.25, 0.3) is 0 Å². The van der Waals surface area contributed by atoms with Gasteiger partial charge in [0.15, 0.2) is 0 Å². The molecule has 0 saturated carbocycles. The van der Waals surface area contributed by atoms with Gasteiger partial charge in [-0.2, -0.15) is 0 Å². The topological polar surface area (TPSA) is 59.6 Å². The van der Waals surface area contributed by atoms with E-state index in [0.29, 0.717) is 26.2 Å². The number of hydrogen-bond donors (Lipinski definition) is 2. The van der Waals surface area contributed by atoms with E-state index in [2.05, 4.69) is 10.6 Å². The average molecular weight is 315 g/mol. The van der Waals surface area contributed by atoms with Crippen LogP contribution >= 0.6 is 12.4 Å². The number of para-hydroxylation sites is 1. The second kappa shape index (κ2) is 9.60. The highest BCUT2D eigenvalue weighted by Crippen LogP contribution is 2.17. The zero-order valence-electron chi connectivity index (χ0n) is 12.3. The lowest BCUT2D eigenvalue weighted by atomic mass is 10.1. The van der Waals surface area contributed by atoms with Crippen LogP contribution in [-0.4, -0.2) is 38.3 Å². The molecule has 1 aromatic rings. The van der Waals surface area contributed by atoms with Crippen LogP contribution in [0.2, 0.25) is 0 Å². The average Bonchev–Trinajstić information content (AvgIpc) is 2.48. The van der Waals surface area contributed by atoms with E-state index in [1.807, 2.05) is 31.2 Å². The normalized spacial score (nSPS) is 17.7. The van der Waals surface area contributed by atoms with Crippen molar-refractivity contribution in [1.29, 1.82) is 0 Å². The number of hydrogen-bond acceptors (Lipinski definition) is 4. The molecule has 1 aliphatic rings. The molecule has 1 heterocycles. The first-order chi connectivity index (χ1) is 9.79. The Kier molecular flexibility index (Phi) is 8.12. The van der Waals surface area contributed by atoms with E-state index in [0.717, 1.165) is 24.5 Å². The minimum atomic E-state index is 0. The molecule has 118 valence electrons. The maximum absolute atomic E-state index is 11.9. The van der Waals surface area contributed by atoms with Gasteiger partial charge in [-0.05, 0) is 13.0 Å². The number of nitrogens with one attached hydrogen (secondary N) is 2. The van der Waals surface area contributed by atoms with Crippen molar-refractivity contribution in [2.24, 2.45) is 0 Å². The molecular formula is C15H23ClN2O3. The van der Waals surface area contributed by atoms with Crippen LogP contribution < -0.4 is 15.4 Å². The van der Waals surface area contributed by atoms with Gasteiger partial charge < -0.3 is 20.1 Å². The molecule has 1 unspecified atom stereocenters. The van der Waals surface area contributed by atoms with Gasteiger partial charge in [-0.1, -0.05) is 18.2 Å². The van der Waals surface area contributed by atoms with Gasteiger partial charge in [0.1, 0.15) is 5.75 Å². The van der Waals surface area contributed by atoms with Gasteiger partial charge in [0.2, 0.25) is 5.91 Å². The summed E-state index contributed by atoms with van der Waals surface area (Å²) in [6.45, 7) is 5.19. The van der Waals surface area contributed by atoms with Gasteiger partial charge in [-0.25, -0.2) is 0 Å². The SMILES string of the molecule is CCOc1ccccc1CNC(=O)CC1COCCN1.Cl. The van der Waals surface area contributed by atoms with Crippen molar-refractivity contribution in [3.05, 3.63) is 29.8 Å². The van der Waals surface area contributed by atoms with Gasteiger partial charge in [-0.3, -0.25) is 4.79 Å². The highest BCUT2D eigenvalue weighted by Gasteiger charge is 2.16. The fraction of sp³-hybridized carbons (Fsp3) is 0.533. The van der Waals surface area contributed by atoms with Crippen molar-refractivity contribution in [2.75, 3.05) is 26.4 Å². The highest BCUT2D eigenvalue weighted by atomic mass is 35.5. The fourth-order valence-electron chi connectivity index (χ4n) is 2.19. The third kappa shape index (κ3) is 5.91. The van der Waals surface area contributed by atoms with E-state index in [1.54, 1.807) is 0 Å².